The number of aryl methyl sites for hydroxylation is 1. The molecule has 0 amide bonds. The Balaban J connectivity index is 2.10. The number of aromatic nitrogens is 2. The standard InChI is InChI=1S/C18H14F3N3O3S/c1-12-7-9-14(10-8-12)28(26,27)23-17(25)15-11-24(13-5-3-2-4-6-13)22-16(15)18(19,20)21/h2-11H,1H3,(H,23,25)/p-1. The molecule has 0 unspecified atom stereocenters. The Morgan fingerprint density at radius 1 is 1.07 bits per heavy atom. The first kappa shape index (κ1) is 19.6. The second kappa shape index (κ2) is 7.12. The van der Waals surface area contributed by atoms with Crippen molar-refractivity contribution >= 4 is 15.9 Å². The van der Waals surface area contributed by atoms with Crippen molar-refractivity contribution in [3.63, 3.8) is 0 Å². The van der Waals surface area contributed by atoms with Crippen molar-refractivity contribution in [2.75, 3.05) is 0 Å². The molecule has 1 heterocycles. The third kappa shape index (κ3) is 4.06. The van der Waals surface area contributed by atoms with Gasteiger partial charge in [-0.15, -0.1) is 0 Å². The molecule has 6 nitrogen and oxygen atoms in total. The highest BCUT2D eigenvalue weighted by Crippen LogP contribution is 2.31. The number of hydrogen-bond acceptors (Lipinski definition) is 4. The minimum Gasteiger partial charge on any atom is -0.858 e. The van der Waals surface area contributed by atoms with Crippen molar-refractivity contribution < 1.29 is 26.7 Å². The van der Waals surface area contributed by atoms with E-state index in [0.29, 0.717) is 0 Å². The Morgan fingerprint density at radius 2 is 1.68 bits per heavy atom. The lowest BCUT2D eigenvalue weighted by Crippen LogP contribution is -2.24. The highest BCUT2D eigenvalue weighted by Gasteiger charge is 2.37. The van der Waals surface area contributed by atoms with Gasteiger partial charge in [0.15, 0.2) is 5.69 Å². The van der Waals surface area contributed by atoms with E-state index in [-0.39, 0.29) is 10.6 Å². The first-order valence-electron chi connectivity index (χ1n) is 7.89. The van der Waals surface area contributed by atoms with Crippen LogP contribution in [0.3, 0.4) is 0 Å². The molecule has 0 radical (unpaired) electrons. The van der Waals surface area contributed by atoms with E-state index in [0.717, 1.165) is 16.4 Å². The minimum absolute atomic E-state index is 0.272. The maximum Gasteiger partial charge on any atom is 0.435 e. The Morgan fingerprint density at radius 3 is 2.25 bits per heavy atom. The summed E-state index contributed by atoms with van der Waals surface area (Å²) in [5, 5.41) is 15.7. The molecule has 10 heteroatoms. The first-order chi connectivity index (χ1) is 13.1. The highest BCUT2D eigenvalue weighted by atomic mass is 32.2. The third-order valence-electron chi connectivity index (χ3n) is 3.76. The summed E-state index contributed by atoms with van der Waals surface area (Å²) in [6.45, 7) is 1.73. The molecule has 0 atom stereocenters. The number of para-hydroxylation sites is 1. The predicted molar refractivity (Wildman–Crippen MR) is 93.5 cm³/mol. The molecule has 3 aromatic rings. The molecule has 0 N–H and O–H groups in total. The van der Waals surface area contributed by atoms with Crippen LogP contribution in [-0.4, -0.2) is 24.1 Å². The second-order valence-electron chi connectivity index (χ2n) is 5.85. The number of alkyl halides is 3. The maximum atomic E-state index is 13.3. The molecule has 28 heavy (non-hydrogen) atoms. The molecule has 0 aliphatic heterocycles. The summed E-state index contributed by atoms with van der Waals surface area (Å²) in [5.74, 6) is -1.55. The zero-order chi connectivity index (χ0) is 20.5. The lowest BCUT2D eigenvalue weighted by molar-refractivity contribution is -0.213. The van der Waals surface area contributed by atoms with Crippen molar-refractivity contribution in [1.82, 2.24) is 9.78 Å². The van der Waals surface area contributed by atoms with Gasteiger partial charge in [0, 0.05) is 17.7 Å². The van der Waals surface area contributed by atoms with Gasteiger partial charge in [-0.05, 0) is 31.2 Å². The number of hydrogen-bond donors (Lipinski definition) is 0. The number of halogens is 3. The topological polar surface area (TPSA) is 87.4 Å². The summed E-state index contributed by atoms with van der Waals surface area (Å²) in [6, 6.07) is 13.2. The van der Waals surface area contributed by atoms with E-state index < -0.39 is 33.4 Å². The van der Waals surface area contributed by atoms with Crippen molar-refractivity contribution in [3.05, 3.63) is 77.6 Å². The van der Waals surface area contributed by atoms with Gasteiger partial charge in [-0.1, -0.05) is 35.9 Å². The second-order valence-corrected chi connectivity index (χ2v) is 7.46. The van der Waals surface area contributed by atoms with Gasteiger partial charge in [0.2, 0.25) is 0 Å². The number of rotatable bonds is 4. The SMILES string of the molecule is Cc1ccc(S(=O)(=O)N=C([O-])c2cn(-c3ccccc3)nc2C(F)(F)F)cc1. The van der Waals surface area contributed by atoms with Gasteiger partial charge in [0.25, 0.3) is 10.0 Å². The fraction of sp³-hybridized carbons (Fsp3) is 0.111. The molecule has 0 aliphatic rings. The van der Waals surface area contributed by atoms with Gasteiger partial charge in [0.05, 0.1) is 10.6 Å². The average Bonchev–Trinajstić information content (AvgIpc) is 3.08. The molecular weight excluding hydrogens is 395 g/mol. The van der Waals surface area contributed by atoms with Crippen LogP contribution in [0.15, 0.2) is 70.1 Å². The van der Waals surface area contributed by atoms with Gasteiger partial charge in [-0.3, -0.25) is 0 Å². The monoisotopic (exact) mass is 408 g/mol. The van der Waals surface area contributed by atoms with E-state index in [4.69, 9.17) is 0 Å². The molecule has 0 aliphatic carbocycles. The first-order valence-corrected chi connectivity index (χ1v) is 9.33. The average molecular weight is 408 g/mol. The summed E-state index contributed by atoms with van der Waals surface area (Å²) in [4.78, 5) is -0.296. The summed E-state index contributed by atoms with van der Waals surface area (Å²) in [7, 11) is -4.47. The van der Waals surface area contributed by atoms with Crippen molar-refractivity contribution in [2.45, 2.75) is 18.0 Å². The quantitative estimate of drug-likeness (QED) is 0.491. The normalized spacial score (nSPS) is 12.9. The number of nitrogens with zero attached hydrogens (tertiary/aromatic N) is 3. The van der Waals surface area contributed by atoms with E-state index in [1.165, 1.54) is 36.4 Å². The van der Waals surface area contributed by atoms with Gasteiger partial charge in [0.1, 0.15) is 0 Å². The van der Waals surface area contributed by atoms with Crippen LogP contribution >= 0.6 is 0 Å². The molecule has 146 valence electrons. The molecule has 3 rings (SSSR count). The zero-order valence-electron chi connectivity index (χ0n) is 14.4. The van der Waals surface area contributed by atoms with E-state index in [2.05, 4.69) is 9.50 Å². The molecule has 0 saturated carbocycles. The lowest BCUT2D eigenvalue weighted by atomic mass is 10.2. The molecular formula is C18H13F3N3O3S-. The summed E-state index contributed by atoms with van der Waals surface area (Å²) in [5.41, 5.74) is -1.42. The van der Waals surface area contributed by atoms with Crippen LogP contribution in [0.5, 0.6) is 0 Å². The van der Waals surface area contributed by atoms with Gasteiger partial charge < -0.3 is 5.11 Å². The fourth-order valence-electron chi connectivity index (χ4n) is 2.37. The van der Waals surface area contributed by atoms with E-state index in [9.17, 15) is 26.7 Å². The number of sulfonamides is 1. The van der Waals surface area contributed by atoms with Crippen LogP contribution in [0.25, 0.3) is 5.69 Å². The summed E-state index contributed by atoms with van der Waals surface area (Å²) in [6.07, 6.45) is -4.15. The highest BCUT2D eigenvalue weighted by molar-refractivity contribution is 7.90. The molecule has 0 spiro atoms. The Bertz CT molecular complexity index is 1120. The Labute approximate surface area is 158 Å². The lowest BCUT2D eigenvalue weighted by Gasteiger charge is -2.12. The fourth-order valence-corrected chi connectivity index (χ4v) is 3.28. The van der Waals surface area contributed by atoms with Gasteiger partial charge >= 0.3 is 6.18 Å². The zero-order valence-corrected chi connectivity index (χ0v) is 15.2. The Kier molecular flexibility index (Phi) is 4.99. The van der Waals surface area contributed by atoms with E-state index >= 15 is 0 Å². The van der Waals surface area contributed by atoms with Crippen molar-refractivity contribution in [1.29, 1.82) is 0 Å². The van der Waals surface area contributed by atoms with Crippen LogP contribution in [-0.2, 0) is 16.2 Å². The van der Waals surface area contributed by atoms with E-state index in [1.807, 2.05) is 0 Å². The van der Waals surface area contributed by atoms with Crippen LogP contribution in [0.4, 0.5) is 13.2 Å². The summed E-state index contributed by atoms with van der Waals surface area (Å²) >= 11 is 0. The minimum atomic E-state index is -4.96. The smallest absolute Gasteiger partial charge is 0.435 e. The molecule has 0 bridgehead atoms. The third-order valence-corrected chi connectivity index (χ3v) is 5.03. The van der Waals surface area contributed by atoms with Crippen molar-refractivity contribution in [2.24, 2.45) is 4.40 Å². The van der Waals surface area contributed by atoms with Crippen LogP contribution in [0.2, 0.25) is 0 Å². The molecule has 0 fully saturated rings. The summed E-state index contributed by atoms with van der Waals surface area (Å²) < 4.78 is 68.4. The van der Waals surface area contributed by atoms with Gasteiger partial charge in [-0.25, -0.2) is 4.68 Å². The van der Waals surface area contributed by atoms with Crippen LogP contribution in [0.1, 0.15) is 16.8 Å². The van der Waals surface area contributed by atoms with Crippen molar-refractivity contribution in [3.8, 4) is 5.69 Å². The molecule has 0 saturated heterocycles. The largest absolute Gasteiger partial charge is 0.858 e. The predicted octanol–water partition coefficient (Wildman–Crippen LogP) is 2.70. The molecule has 2 aromatic carbocycles. The Hall–Kier alpha value is -3.14. The maximum absolute atomic E-state index is 13.3. The molecule has 1 aromatic heterocycles. The van der Waals surface area contributed by atoms with Crippen LogP contribution in [0, 0.1) is 6.92 Å². The number of benzene rings is 2. The van der Waals surface area contributed by atoms with E-state index in [1.54, 1.807) is 25.1 Å². The van der Waals surface area contributed by atoms with Gasteiger partial charge in [-0.2, -0.15) is 31.1 Å². The van der Waals surface area contributed by atoms with Crippen LogP contribution < -0.4 is 5.11 Å².